The van der Waals surface area contributed by atoms with Crippen molar-refractivity contribution < 1.29 is 15.0 Å². The highest BCUT2D eigenvalue weighted by atomic mass is 16.3. The Morgan fingerprint density at radius 2 is 2.22 bits per heavy atom. The lowest BCUT2D eigenvalue weighted by Crippen LogP contribution is -2.29. The fourth-order valence-corrected chi connectivity index (χ4v) is 0.304. The number of nitrogens with two attached hydrogens (primary N) is 1. The number of hydrogen-bond donors (Lipinski definition) is 3. The second kappa shape index (κ2) is 3.09. The molecule has 0 aliphatic rings. The van der Waals surface area contributed by atoms with Gasteiger partial charge >= 0.3 is 0 Å². The van der Waals surface area contributed by atoms with E-state index in [2.05, 4.69) is 5.73 Å². The van der Waals surface area contributed by atoms with Gasteiger partial charge in [-0.25, -0.2) is 0 Å². The maximum Gasteiger partial charge on any atom is 0.254 e. The van der Waals surface area contributed by atoms with E-state index in [1.165, 1.54) is 13.0 Å². The van der Waals surface area contributed by atoms with Crippen LogP contribution in [0.1, 0.15) is 6.92 Å². The van der Waals surface area contributed by atoms with E-state index in [9.17, 15) is 4.79 Å². The third kappa shape index (κ3) is 2.14. The van der Waals surface area contributed by atoms with Crippen LogP contribution in [0.3, 0.4) is 0 Å². The van der Waals surface area contributed by atoms with Crippen LogP contribution in [0.2, 0.25) is 0 Å². The zero-order valence-corrected chi connectivity index (χ0v) is 5.03. The third-order valence-electron chi connectivity index (χ3n) is 0.845. The molecule has 0 rings (SSSR count). The molecule has 0 radical (unpaired) electrons. The Hall–Kier alpha value is -1.03. The molecule has 1 atom stereocenters. The summed E-state index contributed by atoms with van der Waals surface area (Å²) in [5, 5.41) is 17.2. The molecule has 52 valence electrons. The molecule has 0 aromatic heterocycles. The van der Waals surface area contributed by atoms with Gasteiger partial charge in [0.05, 0.1) is 0 Å². The Morgan fingerprint density at radius 3 is 2.33 bits per heavy atom. The molecule has 4 heteroatoms. The predicted octanol–water partition coefficient (Wildman–Crippen LogP) is -0.706. The van der Waals surface area contributed by atoms with Crippen LogP contribution in [-0.4, -0.2) is 22.2 Å². The number of rotatable bonds is 2. The van der Waals surface area contributed by atoms with E-state index in [1.54, 1.807) is 0 Å². The molecular formula is C5H9NO3. The number of primary amides is 1. The summed E-state index contributed by atoms with van der Waals surface area (Å²) in [6.07, 6.45) is -0.356. The summed E-state index contributed by atoms with van der Waals surface area (Å²) in [5.41, 5.74) is 4.62. The summed E-state index contributed by atoms with van der Waals surface area (Å²) in [6.45, 7) is 1.49. The highest BCUT2D eigenvalue weighted by Crippen LogP contribution is 1.94. The standard InChI is InChI=1S/C5H9NO3/c1-2-3(7)4(8)5(6)9/h2,4,7-8H,1H3,(H2,6,9)/b3-2+. The van der Waals surface area contributed by atoms with Crippen LogP contribution in [0.15, 0.2) is 11.8 Å². The van der Waals surface area contributed by atoms with Gasteiger partial charge in [0.1, 0.15) is 5.76 Å². The van der Waals surface area contributed by atoms with Gasteiger partial charge < -0.3 is 15.9 Å². The van der Waals surface area contributed by atoms with E-state index in [4.69, 9.17) is 10.2 Å². The average Bonchev–Trinajstić information content (AvgIpc) is 1.84. The Balaban J connectivity index is 4.04. The van der Waals surface area contributed by atoms with Crippen molar-refractivity contribution in [3.05, 3.63) is 11.8 Å². The lowest BCUT2D eigenvalue weighted by Gasteiger charge is -2.02. The molecule has 0 heterocycles. The number of carbonyl (C=O) groups is 1. The summed E-state index contributed by atoms with van der Waals surface area (Å²) in [5.74, 6) is -1.37. The van der Waals surface area contributed by atoms with E-state index in [-0.39, 0.29) is 0 Å². The minimum atomic E-state index is -1.56. The van der Waals surface area contributed by atoms with E-state index in [0.717, 1.165) is 0 Å². The zero-order chi connectivity index (χ0) is 7.44. The van der Waals surface area contributed by atoms with E-state index in [1.807, 2.05) is 0 Å². The second-order valence-corrected chi connectivity index (χ2v) is 1.52. The van der Waals surface area contributed by atoms with Crippen LogP contribution in [0.4, 0.5) is 0 Å². The van der Waals surface area contributed by atoms with Crippen molar-refractivity contribution in [2.24, 2.45) is 5.73 Å². The van der Waals surface area contributed by atoms with Crippen molar-refractivity contribution in [3.8, 4) is 0 Å². The van der Waals surface area contributed by atoms with Crippen molar-refractivity contribution in [3.63, 3.8) is 0 Å². The molecule has 1 unspecified atom stereocenters. The number of aliphatic hydroxyl groups is 2. The van der Waals surface area contributed by atoms with Gasteiger partial charge in [0, 0.05) is 0 Å². The van der Waals surface area contributed by atoms with Crippen molar-refractivity contribution in [1.29, 1.82) is 0 Å². The summed E-state index contributed by atoms with van der Waals surface area (Å²) in [6, 6.07) is 0. The number of carbonyl (C=O) groups excluding carboxylic acids is 1. The minimum Gasteiger partial charge on any atom is -0.509 e. The van der Waals surface area contributed by atoms with Crippen LogP contribution in [0.5, 0.6) is 0 Å². The van der Waals surface area contributed by atoms with Crippen molar-refractivity contribution in [2.45, 2.75) is 13.0 Å². The van der Waals surface area contributed by atoms with Crippen LogP contribution in [-0.2, 0) is 4.79 Å². The normalized spacial score (nSPS) is 15.1. The molecule has 0 spiro atoms. The van der Waals surface area contributed by atoms with Crippen molar-refractivity contribution >= 4 is 5.91 Å². The second-order valence-electron chi connectivity index (χ2n) is 1.52. The van der Waals surface area contributed by atoms with E-state index >= 15 is 0 Å². The first-order valence-corrected chi connectivity index (χ1v) is 2.42. The Morgan fingerprint density at radius 1 is 1.78 bits per heavy atom. The Kier molecular flexibility index (Phi) is 2.73. The molecule has 0 saturated carbocycles. The molecular weight excluding hydrogens is 122 g/mol. The van der Waals surface area contributed by atoms with E-state index < -0.39 is 17.8 Å². The molecule has 4 nitrogen and oxygen atoms in total. The molecule has 0 aromatic rings. The molecule has 0 bridgehead atoms. The molecule has 0 aliphatic heterocycles. The van der Waals surface area contributed by atoms with Crippen LogP contribution >= 0.6 is 0 Å². The van der Waals surface area contributed by atoms with E-state index in [0.29, 0.717) is 0 Å². The van der Waals surface area contributed by atoms with Crippen molar-refractivity contribution in [2.75, 3.05) is 0 Å². The maximum atomic E-state index is 10.1. The molecule has 0 fully saturated rings. The van der Waals surface area contributed by atoms with Gasteiger partial charge in [-0.3, -0.25) is 4.79 Å². The number of aliphatic hydroxyl groups excluding tert-OH is 2. The smallest absolute Gasteiger partial charge is 0.254 e. The Labute approximate surface area is 52.6 Å². The first-order valence-electron chi connectivity index (χ1n) is 2.42. The quantitative estimate of drug-likeness (QED) is 0.433. The van der Waals surface area contributed by atoms with Gasteiger partial charge in [-0.15, -0.1) is 0 Å². The summed E-state index contributed by atoms with van der Waals surface area (Å²) >= 11 is 0. The number of allylic oxidation sites excluding steroid dienone is 1. The summed E-state index contributed by atoms with van der Waals surface area (Å²) < 4.78 is 0. The van der Waals surface area contributed by atoms with Gasteiger partial charge in [-0.1, -0.05) is 0 Å². The van der Waals surface area contributed by atoms with Crippen LogP contribution in [0, 0.1) is 0 Å². The van der Waals surface area contributed by atoms with Gasteiger partial charge in [-0.2, -0.15) is 0 Å². The maximum absolute atomic E-state index is 10.1. The number of amides is 1. The fourth-order valence-electron chi connectivity index (χ4n) is 0.304. The SMILES string of the molecule is C/C=C(/O)C(O)C(N)=O. The summed E-state index contributed by atoms with van der Waals surface area (Å²) in [7, 11) is 0. The Bertz CT molecular complexity index is 141. The largest absolute Gasteiger partial charge is 0.509 e. The van der Waals surface area contributed by atoms with Gasteiger partial charge in [0.25, 0.3) is 5.91 Å². The lowest BCUT2D eigenvalue weighted by atomic mass is 10.3. The fraction of sp³-hybridized carbons (Fsp3) is 0.400. The summed E-state index contributed by atoms with van der Waals surface area (Å²) in [4.78, 5) is 10.1. The lowest BCUT2D eigenvalue weighted by molar-refractivity contribution is -0.125. The zero-order valence-electron chi connectivity index (χ0n) is 5.03. The molecule has 4 N–H and O–H groups in total. The van der Waals surface area contributed by atoms with Crippen LogP contribution in [0.25, 0.3) is 0 Å². The average molecular weight is 131 g/mol. The first-order chi connectivity index (χ1) is 4.09. The molecule has 0 aliphatic carbocycles. The molecule has 1 amide bonds. The predicted molar refractivity (Wildman–Crippen MR) is 31.6 cm³/mol. The third-order valence-corrected chi connectivity index (χ3v) is 0.845. The molecule has 9 heavy (non-hydrogen) atoms. The highest BCUT2D eigenvalue weighted by Gasteiger charge is 2.13. The van der Waals surface area contributed by atoms with Crippen LogP contribution < -0.4 is 5.73 Å². The van der Waals surface area contributed by atoms with Gasteiger partial charge in [-0.05, 0) is 13.0 Å². The first kappa shape index (κ1) is 7.97. The van der Waals surface area contributed by atoms with Crippen molar-refractivity contribution in [1.82, 2.24) is 0 Å². The number of hydrogen-bond acceptors (Lipinski definition) is 3. The van der Waals surface area contributed by atoms with Gasteiger partial charge in [0.15, 0.2) is 6.10 Å². The van der Waals surface area contributed by atoms with Gasteiger partial charge in [0.2, 0.25) is 0 Å². The highest BCUT2D eigenvalue weighted by molar-refractivity contribution is 5.81. The minimum absolute atomic E-state index is 0.414. The monoisotopic (exact) mass is 131 g/mol. The molecule has 0 saturated heterocycles. The topological polar surface area (TPSA) is 83.6 Å². The molecule has 0 aromatic carbocycles.